The highest BCUT2D eigenvalue weighted by molar-refractivity contribution is 6.30. The Labute approximate surface area is 167 Å². The Morgan fingerprint density at radius 2 is 1.79 bits per heavy atom. The number of hydrogen-bond donors (Lipinski definition) is 1. The van der Waals surface area contributed by atoms with Crippen LogP contribution in [0, 0.1) is 5.82 Å². The summed E-state index contributed by atoms with van der Waals surface area (Å²) in [5, 5.41) is 2.98. The number of anilines is 1. The average Bonchev–Trinajstić information content (AvgIpc) is 3.14. The minimum absolute atomic E-state index is 0.110. The number of hydrogen-bond acceptors (Lipinski definition) is 5. The second-order valence-electron chi connectivity index (χ2n) is 6.91. The van der Waals surface area contributed by atoms with Gasteiger partial charge in [0.25, 0.3) is 0 Å². The molecule has 2 aliphatic rings. The lowest BCUT2D eigenvalue weighted by atomic mass is 10.1. The first-order chi connectivity index (χ1) is 13.6. The van der Waals surface area contributed by atoms with Crippen molar-refractivity contribution in [3.8, 4) is 11.5 Å². The topological polar surface area (TPSA) is 54.0 Å². The molecule has 8 heteroatoms. The van der Waals surface area contributed by atoms with Gasteiger partial charge >= 0.3 is 0 Å². The molecule has 0 bridgehead atoms. The van der Waals surface area contributed by atoms with E-state index in [2.05, 4.69) is 15.1 Å². The van der Waals surface area contributed by atoms with Crippen LogP contribution >= 0.6 is 11.6 Å². The second kappa shape index (κ2) is 8.34. The number of rotatable bonds is 5. The van der Waals surface area contributed by atoms with Gasteiger partial charge < -0.3 is 14.8 Å². The molecule has 1 amide bonds. The third kappa shape index (κ3) is 4.55. The maximum atomic E-state index is 13.7. The van der Waals surface area contributed by atoms with Gasteiger partial charge in [0, 0.05) is 37.7 Å². The standard InChI is InChI=1S/C20H21ClFN3O3/c21-15-2-3-16(22)17(10-15)23-20(26)12-25-7-5-24(6-8-25)11-14-1-4-18-19(9-14)28-13-27-18/h1-4,9-10H,5-8,11-13H2,(H,23,26). The monoisotopic (exact) mass is 405 g/mol. The summed E-state index contributed by atoms with van der Waals surface area (Å²) in [4.78, 5) is 16.6. The summed E-state index contributed by atoms with van der Waals surface area (Å²) in [6.45, 7) is 4.58. The van der Waals surface area contributed by atoms with Crippen molar-refractivity contribution in [3.05, 3.63) is 52.8 Å². The molecule has 0 atom stereocenters. The fraction of sp³-hybridized carbons (Fsp3) is 0.350. The van der Waals surface area contributed by atoms with Crippen LogP contribution in [-0.4, -0.2) is 55.2 Å². The van der Waals surface area contributed by atoms with Crippen molar-refractivity contribution < 1.29 is 18.7 Å². The van der Waals surface area contributed by atoms with Gasteiger partial charge in [-0.25, -0.2) is 4.39 Å². The molecule has 4 rings (SSSR count). The number of amides is 1. The minimum Gasteiger partial charge on any atom is -0.454 e. The van der Waals surface area contributed by atoms with Crippen molar-refractivity contribution >= 4 is 23.2 Å². The largest absolute Gasteiger partial charge is 0.454 e. The van der Waals surface area contributed by atoms with Crippen molar-refractivity contribution in [1.82, 2.24) is 9.80 Å². The van der Waals surface area contributed by atoms with Crippen LogP contribution in [0.5, 0.6) is 11.5 Å². The number of nitrogens with one attached hydrogen (secondary N) is 1. The van der Waals surface area contributed by atoms with Crippen molar-refractivity contribution in [3.63, 3.8) is 0 Å². The first-order valence-electron chi connectivity index (χ1n) is 9.15. The quantitative estimate of drug-likeness (QED) is 0.828. The van der Waals surface area contributed by atoms with Gasteiger partial charge in [-0.05, 0) is 35.9 Å². The van der Waals surface area contributed by atoms with Crippen LogP contribution < -0.4 is 14.8 Å². The van der Waals surface area contributed by atoms with Crippen LogP contribution in [0.25, 0.3) is 0 Å². The summed E-state index contributed by atoms with van der Waals surface area (Å²) in [6.07, 6.45) is 0. The van der Waals surface area contributed by atoms with Crippen LogP contribution in [-0.2, 0) is 11.3 Å². The van der Waals surface area contributed by atoms with Crippen LogP contribution in [0.4, 0.5) is 10.1 Å². The molecule has 0 aromatic heterocycles. The molecule has 2 aromatic carbocycles. The predicted molar refractivity (Wildman–Crippen MR) is 104 cm³/mol. The molecule has 0 radical (unpaired) electrons. The summed E-state index contributed by atoms with van der Waals surface area (Å²) >= 11 is 5.86. The zero-order valence-electron chi connectivity index (χ0n) is 15.3. The Morgan fingerprint density at radius 1 is 1.04 bits per heavy atom. The van der Waals surface area contributed by atoms with Gasteiger partial charge in [-0.15, -0.1) is 0 Å². The third-order valence-electron chi connectivity index (χ3n) is 4.88. The summed E-state index contributed by atoms with van der Waals surface area (Å²) in [6, 6.07) is 10.1. The van der Waals surface area contributed by atoms with Crippen molar-refractivity contribution in [2.24, 2.45) is 0 Å². The Kier molecular flexibility index (Phi) is 5.66. The number of carbonyl (C=O) groups is 1. The number of nitrogens with zero attached hydrogens (tertiary/aromatic N) is 2. The maximum Gasteiger partial charge on any atom is 0.238 e. The number of ether oxygens (including phenoxy) is 2. The zero-order chi connectivity index (χ0) is 19.5. The van der Waals surface area contributed by atoms with E-state index in [9.17, 15) is 9.18 Å². The smallest absolute Gasteiger partial charge is 0.238 e. The molecule has 1 saturated heterocycles. The summed E-state index contributed by atoms with van der Waals surface area (Å²) in [7, 11) is 0. The average molecular weight is 406 g/mol. The maximum absolute atomic E-state index is 13.7. The van der Waals surface area contributed by atoms with Gasteiger partial charge in [0.05, 0.1) is 12.2 Å². The second-order valence-corrected chi connectivity index (χ2v) is 7.35. The lowest BCUT2D eigenvalue weighted by Crippen LogP contribution is -2.48. The molecule has 6 nitrogen and oxygen atoms in total. The van der Waals surface area contributed by atoms with E-state index in [-0.39, 0.29) is 24.9 Å². The van der Waals surface area contributed by atoms with Gasteiger partial charge in [0.15, 0.2) is 11.5 Å². The Bertz CT molecular complexity index is 872. The molecule has 0 aliphatic carbocycles. The molecule has 0 unspecified atom stereocenters. The first kappa shape index (κ1) is 19.0. The normalized spacial score (nSPS) is 16.9. The van der Waals surface area contributed by atoms with E-state index in [1.807, 2.05) is 18.2 Å². The molecule has 2 heterocycles. The summed E-state index contributed by atoms with van der Waals surface area (Å²) in [5.41, 5.74) is 1.28. The van der Waals surface area contributed by atoms with E-state index in [1.54, 1.807) is 0 Å². The number of piperazine rings is 1. The Balaban J connectivity index is 1.25. The highest BCUT2D eigenvalue weighted by Gasteiger charge is 2.21. The van der Waals surface area contributed by atoms with Crippen LogP contribution in [0.3, 0.4) is 0 Å². The fourth-order valence-corrected chi connectivity index (χ4v) is 3.56. The SMILES string of the molecule is O=C(CN1CCN(Cc2ccc3c(c2)OCO3)CC1)Nc1cc(Cl)ccc1F. The predicted octanol–water partition coefficient (Wildman–Crippen LogP) is 2.96. The van der Waals surface area contributed by atoms with E-state index < -0.39 is 5.82 Å². The van der Waals surface area contributed by atoms with Crippen LogP contribution in [0.2, 0.25) is 5.02 Å². The third-order valence-corrected chi connectivity index (χ3v) is 5.11. The number of carbonyl (C=O) groups excluding carboxylic acids is 1. The van der Waals surface area contributed by atoms with Gasteiger partial charge in [0.1, 0.15) is 5.82 Å². The lowest BCUT2D eigenvalue weighted by molar-refractivity contribution is -0.117. The van der Waals surface area contributed by atoms with Crippen LogP contribution in [0.15, 0.2) is 36.4 Å². The molecule has 2 aromatic rings. The number of fused-ring (bicyclic) bond motifs is 1. The zero-order valence-corrected chi connectivity index (χ0v) is 16.0. The molecule has 1 fully saturated rings. The lowest BCUT2D eigenvalue weighted by Gasteiger charge is -2.34. The van der Waals surface area contributed by atoms with E-state index in [0.717, 1.165) is 44.2 Å². The molecule has 2 aliphatic heterocycles. The molecular weight excluding hydrogens is 385 g/mol. The molecule has 148 valence electrons. The van der Waals surface area contributed by atoms with Gasteiger partial charge in [0.2, 0.25) is 12.7 Å². The summed E-state index contributed by atoms with van der Waals surface area (Å²) in [5.74, 6) is 0.841. The molecule has 28 heavy (non-hydrogen) atoms. The van der Waals surface area contributed by atoms with Gasteiger partial charge in [-0.3, -0.25) is 14.6 Å². The molecule has 0 spiro atoms. The van der Waals surface area contributed by atoms with E-state index in [0.29, 0.717) is 5.02 Å². The van der Waals surface area contributed by atoms with Crippen molar-refractivity contribution in [1.29, 1.82) is 0 Å². The first-order valence-corrected chi connectivity index (χ1v) is 9.53. The Hall–Kier alpha value is -2.35. The Morgan fingerprint density at radius 3 is 2.61 bits per heavy atom. The molecule has 0 saturated carbocycles. The van der Waals surface area contributed by atoms with Gasteiger partial charge in [-0.2, -0.15) is 0 Å². The number of benzene rings is 2. The summed E-state index contributed by atoms with van der Waals surface area (Å²) < 4.78 is 24.5. The minimum atomic E-state index is -0.494. The molecule has 1 N–H and O–H groups in total. The van der Waals surface area contributed by atoms with E-state index in [4.69, 9.17) is 21.1 Å². The highest BCUT2D eigenvalue weighted by atomic mass is 35.5. The molecular formula is C20H21ClFN3O3. The highest BCUT2D eigenvalue weighted by Crippen LogP contribution is 2.32. The van der Waals surface area contributed by atoms with Crippen molar-refractivity contribution in [2.75, 3.05) is 44.8 Å². The van der Waals surface area contributed by atoms with E-state index in [1.165, 1.54) is 23.8 Å². The van der Waals surface area contributed by atoms with E-state index >= 15 is 0 Å². The van der Waals surface area contributed by atoms with Gasteiger partial charge in [-0.1, -0.05) is 17.7 Å². The van der Waals surface area contributed by atoms with Crippen molar-refractivity contribution in [2.45, 2.75) is 6.54 Å². The fourth-order valence-electron chi connectivity index (χ4n) is 3.39. The number of halogens is 2. The van der Waals surface area contributed by atoms with Crippen LogP contribution in [0.1, 0.15) is 5.56 Å².